The molecular formula is C32H34N4O5S. The summed E-state index contributed by atoms with van der Waals surface area (Å²) in [5, 5.41) is 4.14. The second kappa shape index (κ2) is 13.4. The number of hydrogen-bond acceptors (Lipinski definition) is 6. The topological polar surface area (TPSA) is 119 Å². The summed E-state index contributed by atoms with van der Waals surface area (Å²) in [7, 11) is -3.87. The van der Waals surface area contributed by atoms with E-state index in [-0.39, 0.29) is 17.3 Å². The fraction of sp³-hybridized carbons (Fsp3) is 0.219. The number of aromatic nitrogens is 1. The van der Waals surface area contributed by atoms with Gasteiger partial charge >= 0.3 is 5.97 Å². The van der Waals surface area contributed by atoms with Crippen molar-refractivity contribution in [2.75, 3.05) is 6.61 Å². The zero-order chi connectivity index (χ0) is 30.3. The molecule has 0 bridgehead atoms. The molecule has 4 rings (SSSR count). The summed E-state index contributed by atoms with van der Waals surface area (Å²) in [4.78, 5) is 25.0. The van der Waals surface area contributed by atoms with Gasteiger partial charge in [-0.1, -0.05) is 48.0 Å². The molecule has 2 N–H and O–H groups in total. The number of nitrogens with zero attached hydrogens (tertiary/aromatic N) is 2. The van der Waals surface area contributed by atoms with Crippen LogP contribution >= 0.6 is 0 Å². The smallest absolute Gasteiger partial charge is 0.338 e. The summed E-state index contributed by atoms with van der Waals surface area (Å²) in [5.41, 5.74) is 8.10. The maximum atomic E-state index is 13.1. The SMILES string of the molecule is CCOC(=O)c1ccc(-n2c(C)cc(/C=N\NC(=O)C[C@@H](NS(=O)(=O)c3ccc(C)cc3)c3ccccc3)c2C)cc1. The summed E-state index contributed by atoms with van der Waals surface area (Å²) in [5.74, 6) is -0.818. The summed E-state index contributed by atoms with van der Waals surface area (Å²) < 4.78 is 35.9. The van der Waals surface area contributed by atoms with Crippen molar-refractivity contribution in [1.82, 2.24) is 14.7 Å². The number of amides is 1. The van der Waals surface area contributed by atoms with Crippen molar-refractivity contribution in [3.8, 4) is 5.69 Å². The standard InChI is InChI=1S/C32H34N4O5S/c1-5-41-32(38)26-13-15-28(16-14-26)36-23(3)19-27(24(36)4)21-33-34-31(37)20-30(25-9-7-6-8-10-25)35-42(39,40)29-17-11-22(2)12-18-29/h6-19,21,30,35H,5,20H2,1-4H3,(H,34,37)/b33-21-/t30-/m1/s1. The Labute approximate surface area is 246 Å². The average molecular weight is 587 g/mol. The molecule has 1 amide bonds. The molecule has 0 fully saturated rings. The summed E-state index contributed by atoms with van der Waals surface area (Å²) in [6.45, 7) is 7.84. The summed E-state index contributed by atoms with van der Waals surface area (Å²) in [6.07, 6.45) is 1.40. The normalized spacial score (nSPS) is 12.3. The molecule has 4 aromatic rings. The number of carbonyl (C=O) groups excluding carboxylic acids is 2. The number of rotatable bonds is 11. The van der Waals surface area contributed by atoms with Gasteiger partial charge in [0.25, 0.3) is 0 Å². The van der Waals surface area contributed by atoms with E-state index in [2.05, 4.69) is 15.2 Å². The molecule has 0 aliphatic rings. The van der Waals surface area contributed by atoms with Crippen LogP contribution in [0.1, 0.15) is 57.8 Å². The molecule has 1 heterocycles. The third kappa shape index (κ3) is 7.39. The lowest BCUT2D eigenvalue weighted by Gasteiger charge is -2.18. The monoisotopic (exact) mass is 586 g/mol. The van der Waals surface area contributed by atoms with E-state index in [1.807, 2.05) is 49.6 Å². The van der Waals surface area contributed by atoms with Crippen LogP contribution in [0, 0.1) is 20.8 Å². The molecule has 0 radical (unpaired) electrons. The van der Waals surface area contributed by atoms with Crippen molar-refractivity contribution >= 4 is 28.1 Å². The van der Waals surface area contributed by atoms with Crippen LogP contribution in [0.5, 0.6) is 0 Å². The molecule has 1 aromatic heterocycles. The maximum absolute atomic E-state index is 13.1. The average Bonchev–Trinajstić information content (AvgIpc) is 3.25. The molecule has 0 spiro atoms. The first-order valence-electron chi connectivity index (χ1n) is 13.5. The van der Waals surface area contributed by atoms with Gasteiger partial charge < -0.3 is 9.30 Å². The van der Waals surface area contributed by atoms with Crippen LogP contribution in [0.4, 0.5) is 0 Å². The summed E-state index contributed by atoms with van der Waals surface area (Å²) >= 11 is 0. The van der Waals surface area contributed by atoms with Crippen LogP contribution in [0.2, 0.25) is 0 Å². The quantitative estimate of drug-likeness (QED) is 0.143. The molecule has 0 unspecified atom stereocenters. The van der Waals surface area contributed by atoms with E-state index in [9.17, 15) is 18.0 Å². The van der Waals surface area contributed by atoms with Gasteiger partial charge in [0.2, 0.25) is 15.9 Å². The van der Waals surface area contributed by atoms with Crippen LogP contribution in [0.25, 0.3) is 5.69 Å². The molecule has 10 heteroatoms. The molecule has 0 aliphatic heterocycles. The molecule has 218 valence electrons. The predicted molar refractivity (Wildman–Crippen MR) is 162 cm³/mol. The van der Waals surface area contributed by atoms with E-state index < -0.39 is 22.0 Å². The highest BCUT2D eigenvalue weighted by atomic mass is 32.2. The Balaban J connectivity index is 1.46. The van der Waals surface area contributed by atoms with Gasteiger partial charge in [0.1, 0.15) is 0 Å². The number of hydrazone groups is 1. The van der Waals surface area contributed by atoms with Gasteiger partial charge in [0, 0.05) is 29.1 Å². The number of aryl methyl sites for hydroxylation is 2. The van der Waals surface area contributed by atoms with Crippen molar-refractivity contribution in [3.63, 3.8) is 0 Å². The van der Waals surface area contributed by atoms with Crippen molar-refractivity contribution in [1.29, 1.82) is 0 Å². The highest BCUT2D eigenvalue weighted by Crippen LogP contribution is 2.22. The van der Waals surface area contributed by atoms with Gasteiger partial charge in [-0.25, -0.2) is 23.4 Å². The number of nitrogens with one attached hydrogen (secondary N) is 2. The second-order valence-electron chi connectivity index (χ2n) is 9.82. The largest absolute Gasteiger partial charge is 0.462 e. The molecule has 9 nitrogen and oxygen atoms in total. The van der Waals surface area contributed by atoms with Crippen LogP contribution < -0.4 is 10.1 Å². The lowest BCUT2D eigenvalue weighted by molar-refractivity contribution is -0.121. The van der Waals surface area contributed by atoms with Crippen molar-refractivity contribution < 1.29 is 22.7 Å². The Kier molecular flexibility index (Phi) is 9.72. The molecule has 0 saturated heterocycles. The molecular weight excluding hydrogens is 552 g/mol. The first kappa shape index (κ1) is 30.4. The zero-order valence-corrected chi connectivity index (χ0v) is 24.8. The van der Waals surface area contributed by atoms with Gasteiger partial charge in [0.15, 0.2) is 0 Å². The minimum Gasteiger partial charge on any atom is -0.462 e. The van der Waals surface area contributed by atoms with Gasteiger partial charge in [-0.3, -0.25) is 4.79 Å². The van der Waals surface area contributed by atoms with Gasteiger partial charge in [-0.05, 0) is 75.7 Å². The van der Waals surface area contributed by atoms with Crippen LogP contribution in [0.3, 0.4) is 0 Å². The number of carbonyl (C=O) groups is 2. The Morgan fingerprint density at radius 2 is 1.62 bits per heavy atom. The van der Waals surface area contributed by atoms with Crippen molar-refractivity contribution in [3.05, 3.63) is 119 Å². The van der Waals surface area contributed by atoms with E-state index in [0.29, 0.717) is 17.7 Å². The first-order chi connectivity index (χ1) is 20.1. The van der Waals surface area contributed by atoms with Gasteiger partial charge in [-0.15, -0.1) is 0 Å². The van der Waals surface area contributed by atoms with E-state index in [1.165, 1.54) is 12.1 Å². The molecule has 0 saturated carbocycles. The van der Waals surface area contributed by atoms with Crippen LogP contribution in [-0.2, 0) is 19.6 Å². The van der Waals surface area contributed by atoms with E-state index in [4.69, 9.17) is 4.74 Å². The van der Waals surface area contributed by atoms with Gasteiger partial charge in [0.05, 0.1) is 29.3 Å². The van der Waals surface area contributed by atoms with Crippen molar-refractivity contribution in [2.45, 2.75) is 45.1 Å². The van der Waals surface area contributed by atoms with Crippen molar-refractivity contribution in [2.24, 2.45) is 5.10 Å². The lowest BCUT2D eigenvalue weighted by atomic mass is 10.0. The molecule has 1 atom stereocenters. The first-order valence-corrected chi connectivity index (χ1v) is 15.0. The van der Waals surface area contributed by atoms with E-state index in [1.54, 1.807) is 61.7 Å². The Hall–Kier alpha value is -4.54. The number of ether oxygens (including phenoxy) is 1. The van der Waals surface area contributed by atoms with Gasteiger partial charge in [-0.2, -0.15) is 5.10 Å². The maximum Gasteiger partial charge on any atom is 0.338 e. The number of benzene rings is 3. The predicted octanol–water partition coefficient (Wildman–Crippen LogP) is 5.14. The fourth-order valence-electron chi connectivity index (χ4n) is 4.57. The molecule has 0 aliphatic carbocycles. The second-order valence-corrected chi connectivity index (χ2v) is 11.5. The third-order valence-corrected chi connectivity index (χ3v) is 8.21. The minimum atomic E-state index is -3.87. The molecule has 42 heavy (non-hydrogen) atoms. The number of esters is 1. The number of hydrogen-bond donors (Lipinski definition) is 2. The Bertz CT molecular complexity index is 1680. The Morgan fingerprint density at radius 3 is 2.26 bits per heavy atom. The van der Waals surface area contributed by atoms with E-state index in [0.717, 1.165) is 28.2 Å². The Morgan fingerprint density at radius 1 is 0.952 bits per heavy atom. The van der Waals surface area contributed by atoms with E-state index >= 15 is 0 Å². The van der Waals surface area contributed by atoms with Crippen LogP contribution in [0.15, 0.2) is 94.9 Å². The number of sulfonamides is 1. The van der Waals surface area contributed by atoms with Crippen LogP contribution in [-0.4, -0.2) is 37.7 Å². The fourth-order valence-corrected chi connectivity index (χ4v) is 5.79. The summed E-state index contributed by atoms with van der Waals surface area (Å²) in [6, 6.07) is 23.7. The molecule has 3 aromatic carbocycles. The third-order valence-electron chi connectivity index (χ3n) is 6.72. The lowest BCUT2D eigenvalue weighted by Crippen LogP contribution is -2.32. The minimum absolute atomic E-state index is 0.123. The highest BCUT2D eigenvalue weighted by Gasteiger charge is 2.24. The highest BCUT2D eigenvalue weighted by molar-refractivity contribution is 7.89. The zero-order valence-electron chi connectivity index (χ0n) is 24.0.